The van der Waals surface area contributed by atoms with E-state index in [0.29, 0.717) is 23.5 Å². The number of hydrogen-bond acceptors (Lipinski definition) is 8. The van der Waals surface area contributed by atoms with E-state index in [2.05, 4.69) is 34.1 Å². The highest BCUT2D eigenvalue weighted by Gasteiger charge is 2.25. The molecule has 0 radical (unpaired) electrons. The van der Waals surface area contributed by atoms with E-state index in [-0.39, 0.29) is 21.2 Å². The fraction of sp³-hybridized carbons (Fsp3) is 0.700. The first-order chi connectivity index (χ1) is 15.2. The van der Waals surface area contributed by atoms with Gasteiger partial charge in [-0.2, -0.15) is 10.2 Å². The highest BCUT2D eigenvalue weighted by Crippen LogP contribution is 2.27. The molecule has 2 aromatic rings. The molecule has 12 nitrogen and oxygen atoms in total. The third kappa shape index (κ3) is 5.49. The van der Waals surface area contributed by atoms with Crippen LogP contribution in [-0.2, 0) is 0 Å². The second kappa shape index (κ2) is 10.2. The highest BCUT2D eigenvalue weighted by molar-refractivity contribution is 5.32. The van der Waals surface area contributed by atoms with Crippen LogP contribution in [-0.4, -0.2) is 79.5 Å². The largest absolute Gasteiger partial charge is 0.309 e. The Morgan fingerprint density at radius 3 is 1.81 bits per heavy atom. The number of likely N-dealkylation sites (tertiary alicyclic amines) is 2. The Morgan fingerprint density at radius 2 is 1.38 bits per heavy atom. The maximum atomic E-state index is 10.7. The average Bonchev–Trinajstić information content (AvgIpc) is 3.33. The molecule has 0 atom stereocenters. The van der Waals surface area contributed by atoms with Crippen molar-refractivity contribution in [3.63, 3.8) is 0 Å². The minimum absolute atomic E-state index is 0.124. The van der Waals surface area contributed by atoms with Gasteiger partial charge >= 0.3 is 11.4 Å². The molecule has 0 saturated carbocycles. The van der Waals surface area contributed by atoms with Crippen LogP contribution in [0.25, 0.3) is 0 Å². The molecule has 0 amide bonds. The maximum absolute atomic E-state index is 10.7. The van der Waals surface area contributed by atoms with Crippen molar-refractivity contribution in [1.29, 1.82) is 0 Å². The monoisotopic (exact) mass is 448 g/mol. The van der Waals surface area contributed by atoms with E-state index in [1.165, 1.54) is 6.20 Å². The molecule has 0 spiro atoms. The van der Waals surface area contributed by atoms with E-state index >= 15 is 0 Å². The Kier molecular flexibility index (Phi) is 7.56. The number of aromatic nitrogens is 4. The van der Waals surface area contributed by atoms with Gasteiger partial charge in [0.2, 0.25) is 0 Å². The first-order valence-corrected chi connectivity index (χ1v) is 10.9. The molecule has 12 heteroatoms. The molecule has 0 bridgehead atoms. The normalized spacial score (nSPS) is 18.9. The average molecular weight is 449 g/mol. The van der Waals surface area contributed by atoms with Crippen LogP contribution in [0.1, 0.15) is 49.2 Å². The number of nitrogens with zero attached hydrogens (tertiary/aromatic N) is 8. The van der Waals surface area contributed by atoms with Gasteiger partial charge in [0.15, 0.2) is 0 Å². The molecule has 0 aromatic carbocycles. The van der Waals surface area contributed by atoms with Gasteiger partial charge in [-0.25, -0.2) is 0 Å². The zero-order valence-electron chi connectivity index (χ0n) is 19.2. The summed E-state index contributed by atoms with van der Waals surface area (Å²) in [5.74, 6) is 0. The summed E-state index contributed by atoms with van der Waals surface area (Å²) in [5, 5.41) is 29.8. The predicted octanol–water partition coefficient (Wildman–Crippen LogP) is 2.73. The fourth-order valence-corrected chi connectivity index (χ4v) is 4.30. The van der Waals surface area contributed by atoms with E-state index in [0.717, 1.165) is 51.9 Å². The zero-order chi connectivity index (χ0) is 23.4. The van der Waals surface area contributed by atoms with Crippen molar-refractivity contribution >= 4 is 11.4 Å². The van der Waals surface area contributed by atoms with Crippen LogP contribution in [0.3, 0.4) is 0 Å². The molecule has 0 N–H and O–H groups in total. The van der Waals surface area contributed by atoms with Crippen LogP contribution in [0.2, 0.25) is 0 Å². The molecule has 2 saturated heterocycles. The van der Waals surface area contributed by atoms with Crippen LogP contribution in [0.15, 0.2) is 12.4 Å². The maximum Gasteiger partial charge on any atom is 0.309 e. The van der Waals surface area contributed by atoms with E-state index in [1.807, 2.05) is 4.68 Å². The van der Waals surface area contributed by atoms with Gasteiger partial charge in [0, 0.05) is 0 Å². The van der Waals surface area contributed by atoms with Crippen LogP contribution in [0.5, 0.6) is 0 Å². The standard InChI is InChI=1S/2C10H16N4O2/c1-8-10(14(15)16)7-13(11-8)9-3-5-12(2)6-4-9;1-8-10(14(15)16)7-11-13(8)9-3-5-12(2)6-4-9/h2*7,9H,3-6H2,1-2H3. The van der Waals surface area contributed by atoms with Crippen molar-refractivity contribution < 1.29 is 9.85 Å². The van der Waals surface area contributed by atoms with E-state index in [1.54, 1.807) is 24.7 Å². The topological polar surface area (TPSA) is 128 Å². The lowest BCUT2D eigenvalue weighted by molar-refractivity contribution is -0.385. The van der Waals surface area contributed by atoms with Gasteiger partial charge in [0.25, 0.3) is 0 Å². The van der Waals surface area contributed by atoms with Gasteiger partial charge in [-0.1, -0.05) is 0 Å². The molecule has 0 aliphatic carbocycles. The number of hydrogen-bond donors (Lipinski definition) is 0. The fourth-order valence-electron chi connectivity index (χ4n) is 4.30. The van der Waals surface area contributed by atoms with Gasteiger partial charge in [-0.05, 0) is 79.8 Å². The Balaban J connectivity index is 0.000000181. The van der Waals surface area contributed by atoms with Crippen LogP contribution >= 0.6 is 0 Å². The van der Waals surface area contributed by atoms with Crippen LogP contribution in [0, 0.1) is 34.1 Å². The molecule has 0 unspecified atom stereocenters. The molecule has 2 aliphatic rings. The molecule has 4 heterocycles. The molecule has 176 valence electrons. The second-order valence-electron chi connectivity index (χ2n) is 8.72. The van der Waals surface area contributed by atoms with Crippen LogP contribution in [0.4, 0.5) is 11.4 Å². The van der Waals surface area contributed by atoms with E-state index < -0.39 is 0 Å². The molecule has 32 heavy (non-hydrogen) atoms. The summed E-state index contributed by atoms with van der Waals surface area (Å²) in [6.07, 6.45) is 6.95. The summed E-state index contributed by atoms with van der Waals surface area (Å²) < 4.78 is 3.58. The zero-order valence-corrected chi connectivity index (χ0v) is 19.2. The Hall–Kier alpha value is -2.86. The Bertz CT molecular complexity index is 928. The quantitative estimate of drug-likeness (QED) is 0.516. The lowest BCUT2D eigenvalue weighted by Crippen LogP contribution is -2.32. The minimum Gasteiger partial charge on any atom is -0.306 e. The summed E-state index contributed by atoms with van der Waals surface area (Å²) in [6, 6.07) is 0.619. The SMILES string of the molecule is Cc1c([N+](=O)[O-])cnn1C1CCN(C)CC1.Cc1nn(C2CCN(C)CC2)cc1[N+](=O)[O-]. The van der Waals surface area contributed by atoms with E-state index in [9.17, 15) is 20.2 Å². The van der Waals surface area contributed by atoms with Crippen molar-refractivity contribution in [2.45, 2.75) is 51.6 Å². The van der Waals surface area contributed by atoms with Crippen molar-refractivity contribution in [3.8, 4) is 0 Å². The van der Waals surface area contributed by atoms with Gasteiger partial charge < -0.3 is 9.80 Å². The van der Waals surface area contributed by atoms with Crippen molar-refractivity contribution in [2.24, 2.45) is 0 Å². The summed E-state index contributed by atoms with van der Waals surface area (Å²) in [7, 11) is 4.18. The third-order valence-corrected chi connectivity index (χ3v) is 6.40. The van der Waals surface area contributed by atoms with Gasteiger partial charge in [0.1, 0.15) is 23.8 Å². The smallest absolute Gasteiger partial charge is 0.306 e. The number of nitro groups is 2. The van der Waals surface area contributed by atoms with Gasteiger partial charge in [-0.3, -0.25) is 29.6 Å². The lowest BCUT2D eigenvalue weighted by atomic mass is 10.1. The molecular formula is C20H32N8O4. The summed E-state index contributed by atoms with van der Waals surface area (Å²) in [6.45, 7) is 7.55. The van der Waals surface area contributed by atoms with Crippen molar-refractivity contribution in [2.75, 3.05) is 40.3 Å². The van der Waals surface area contributed by atoms with Crippen molar-refractivity contribution in [3.05, 3.63) is 44.0 Å². The molecule has 2 aromatic heterocycles. The highest BCUT2D eigenvalue weighted by atomic mass is 16.6. The molecule has 2 aliphatic heterocycles. The molecule has 2 fully saturated rings. The molecular weight excluding hydrogens is 416 g/mol. The summed E-state index contributed by atoms with van der Waals surface area (Å²) in [4.78, 5) is 25.2. The lowest BCUT2D eigenvalue weighted by Gasteiger charge is -2.29. The summed E-state index contributed by atoms with van der Waals surface area (Å²) >= 11 is 0. The van der Waals surface area contributed by atoms with Gasteiger partial charge in [0.05, 0.1) is 21.9 Å². The van der Waals surface area contributed by atoms with Crippen molar-refractivity contribution in [1.82, 2.24) is 29.4 Å². The number of rotatable bonds is 4. The first kappa shape index (κ1) is 23.8. The van der Waals surface area contributed by atoms with E-state index in [4.69, 9.17) is 0 Å². The Morgan fingerprint density at radius 1 is 0.875 bits per heavy atom. The van der Waals surface area contributed by atoms with Crippen LogP contribution < -0.4 is 0 Å². The third-order valence-electron chi connectivity index (χ3n) is 6.40. The minimum atomic E-state index is -0.367. The first-order valence-electron chi connectivity index (χ1n) is 10.9. The molecule has 4 rings (SSSR count). The predicted molar refractivity (Wildman–Crippen MR) is 119 cm³/mol. The second-order valence-corrected chi connectivity index (χ2v) is 8.72. The number of aryl methyl sites for hydroxylation is 1. The number of piperidine rings is 2. The Labute approximate surface area is 187 Å². The van der Waals surface area contributed by atoms with Gasteiger partial charge in [-0.15, -0.1) is 0 Å². The summed E-state index contributed by atoms with van der Waals surface area (Å²) in [5.41, 5.74) is 1.42.